The van der Waals surface area contributed by atoms with E-state index in [-0.39, 0.29) is 6.42 Å². The zero-order valence-corrected chi connectivity index (χ0v) is 12.7. The average Bonchev–Trinajstić information content (AvgIpc) is 2.60. The van der Waals surface area contributed by atoms with Crippen LogP contribution >= 0.6 is 0 Å². The molecule has 0 radical (unpaired) electrons. The van der Waals surface area contributed by atoms with Gasteiger partial charge in [-0.05, 0) is 42.9 Å². The van der Waals surface area contributed by atoms with Crippen LogP contribution in [0.3, 0.4) is 0 Å². The lowest BCUT2D eigenvalue weighted by molar-refractivity contribution is -0.138. The van der Waals surface area contributed by atoms with Gasteiger partial charge < -0.3 is 9.84 Å². The van der Waals surface area contributed by atoms with E-state index in [0.29, 0.717) is 0 Å². The minimum Gasteiger partial charge on any atom is -0.496 e. The van der Waals surface area contributed by atoms with Gasteiger partial charge in [-0.15, -0.1) is 0 Å². The van der Waals surface area contributed by atoms with Crippen LogP contribution in [0.2, 0.25) is 0 Å². The first-order valence-corrected chi connectivity index (χ1v) is 7.37. The summed E-state index contributed by atoms with van der Waals surface area (Å²) in [7, 11) is 1.67. The van der Waals surface area contributed by atoms with Gasteiger partial charge in [0.2, 0.25) is 0 Å². The van der Waals surface area contributed by atoms with Crippen LogP contribution in [0, 0.1) is 0 Å². The fourth-order valence-corrected chi connectivity index (χ4v) is 3.36. The monoisotopic (exact) mass is 276 g/mol. The topological polar surface area (TPSA) is 46.5 Å². The van der Waals surface area contributed by atoms with E-state index in [1.807, 2.05) is 19.9 Å². The van der Waals surface area contributed by atoms with E-state index in [2.05, 4.69) is 6.07 Å². The van der Waals surface area contributed by atoms with E-state index in [0.717, 1.165) is 24.2 Å². The van der Waals surface area contributed by atoms with Crippen LogP contribution in [0.1, 0.15) is 56.2 Å². The molecule has 2 rings (SSSR count). The number of ether oxygens (including phenoxy) is 1. The molecule has 0 heterocycles. The summed E-state index contributed by atoms with van der Waals surface area (Å²) in [6.45, 7) is 4.01. The van der Waals surface area contributed by atoms with Gasteiger partial charge in [0.05, 0.1) is 13.5 Å². The third-order valence-electron chi connectivity index (χ3n) is 4.23. The lowest BCUT2D eigenvalue weighted by Crippen LogP contribution is -2.25. The fraction of sp³-hybridized carbons (Fsp3) is 0.588. The molecule has 1 aliphatic carbocycles. The van der Waals surface area contributed by atoms with Crippen molar-refractivity contribution < 1.29 is 14.6 Å². The SMILES string of the molecule is COc1ccc2c(c1C(C)(C)CC(=O)O)CCCCC2. The number of benzene rings is 1. The van der Waals surface area contributed by atoms with Crippen molar-refractivity contribution in [3.8, 4) is 5.75 Å². The highest BCUT2D eigenvalue weighted by Crippen LogP contribution is 2.40. The normalized spacial score (nSPS) is 15.3. The van der Waals surface area contributed by atoms with Crippen molar-refractivity contribution in [1.29, 1.82) is 0 Å². The van der Waals surface area contributed by atoms with Gasteiger partial charge in [0.1, 0.15) is 5.75 Å². The zero-order valence-electron chi connectivity index (χ0n) is 12.7. The summed E-state index contributed by atoms with van der Waals surface area (Å²) in [6, 6.07) is 4.16. The van der Waals surface area contributed by atoms with Gasteiger partial charge in [0.25, 0.3) is 0 Å². The highest BCUT2D eigenvalue weighted by molar-refractivity contribution is 5.69. The second kappa shape index (κ2) is 5.86. The lowest BCUT2D eigenvalue weighted by Gasteiger charge is -2.29. The Kier molecular flexibility index (Phi) is 4.36. The van der Waals surface area contributed by atoms with Crippen LogP contribution in [-0.2, 0) is 23.1 Å². The Morgan fingerprint density at radius 2 is 1.95 bits per heavy atom. The maximum Gasteiger partial charge on any atom is 0.304 e. The van der Waals surface area contributed by atoms with E-state index >= 15 is 0 Å². The number of hydrogen-bond acceptors (Lipinski definition) is 2. The third kappa shape index (κ3) is 2.97. The summed E-state index contributed by atoms with van der Waals surface area (Å²) < 4.78 is 5.53. The summed E-state index contributed by atoms with van der Waals surface area (Å²) in [6.07, 6.45) is 5.89. The van der Waals surface area contributed by atoms with E-state index in [9.17, 15) is 9.90 Å². The highest BCUT2D eigenvalue weighted by Gasteiger charge is 2.31. The Morgan fingerprint density at radius 3 is 2.60 bits per heavy atom. The van der Waals surface area contributed by atoms with Crippen LogP contribution in [-0.4, -0.2) is 18.2 Å². The van der Waals surface area contributed by atoms with Crippen molar-refractivity contribution in [2.45, 2.75) is 57.8 Å². The molecule has 0 unspecified atom stereocenters. The molecule has 0 amide bonds. The van der Waals surface area contributed by atoms with Crippen LogP contribution < -0.4 is 4.74 Å². The first-order chi connectivity index (χ1) is 9.45. The molecule has 0 spiro atoms. The quantitative estimate of drug-likeness (QED) is 0.853. The van der Waals surface area contributed by atoms with E-state index in [1.165, 1.54) is 30.4 Å². The number of aliphatic carboxylic acids is 1. The molecule has 0 saturated heterocycles. The van der Waals surface area contributed by atoms with Crippen molar-refractivity contribution >= 4 is 5.97 Å². The largest absolute Gasteiger partial charge is 0.496 e. The second-order valence-electron chi connectivity index (χ2n) is 6.30. The molecule has 1 aromatic rings. The zero-order chi connectivity index (χ0) is 14.8. The number of methoxy groups -OCH3 is 1. The molecule has 0 aromatic heterocycles. The molecular weight excluding hydrogens is 252 g/mol. The fourth-order valence-electron chi connectivity index (χ4n) is 3.36. The van der Waals surface area contributed by atoms with Gasteiger partial charge in [-0.25, -0.2) is 0 Å². The first-order valence-electron chi connectivity index (χ1n) is 7.37. The molecule has 1 aliphatic rings. The summed E-state index contributed by atoms with van der Waals surface area (Å²) >= 11 is 0. The van der Waals surface area contributed by atoms with Gasteiger partial charge in [-0.2, -0.15) is 0 Å². The summed E-state index contributed by atoms with van der Waals surface area (Å²) in [5.41, 5.74) is 3.39. The standard InChI is InChI=1S/C17H24O3/c1-17(2,11-15(18)19)16-13-8-6-4-5-7-12(13)9-10-14(16)20-3/h9-10H,4-8,11H2,1-3H3,(H,18,19). The third-order valence-corrected chi connectivity index (χ3v) is 4.23. The molecular formula is C17H24O3. The number of hydrogen-bond donors (Lipinski definition) is 1. The molecule has 0 fully saturated rings. The molecule has 0 atom stereocenters. The minimum absolute atomic E-state index is 0.125. The Balaban J connectivity index is 2.56. The average molecular weight is 276 g/mol. The van der Waals surface area contributed by atoms with Gasteiger partial charge in [0, 0.05) is 11.0 Å². The van der Waals surface area contributed by atoms with Gasteiger partial charge in [0.15, 0.2) is 0 Å². The maximum atomic E-state index is 11.2. The van der Waals surface area contributed by atoms with Crippen LogP contribution in [0.15, 0.2) is 12.1 Å². The smallest absolute Gasteiger partial charge is 0.304 e. The molecule has 0 saturated carbocycles. The molecule has 0 aliphatic heterocycles. The van der Waals surface area contributed by atoms with Crippen molar-refractivity contribution in [2.75, 3.05) is 7.11 Å². The Labute approximate surface area is 121 Å². The number of carboxylic acid groups (broad SMARTS) is 1. The van der Waals surface area contributed by atoms with Crippen molar-refractivity contribution in [3.05, 3.63) is 28.8 Å². The van der Waals surface area contributed by atoms with Crippen molar-refractivity contribution in [3.63, 3.8) is 0 Å². The number of fused-ring (bicyclic) bond motifs is 1. The van der Waals surface area contributed by atoms with E-state index in [4.69, 9.17) is 4.74 Å². The molecule has 110 valence electrons. The van der Waals surface area contributed by atoms with Crippen molar-refractivity contribution in [2.24, 2.45) is 0 Å². The maximum absolute atomic E-state index is 11.2. The molecule has 20 heavy (non-hydrogen) atoms. The summed E-state index contributed by atoms with van der Waals surface area (Å²) in [5, 5.41) is 9.19. The highest BCUT2D eigenvalue weighted by atomic mass is 16.5. The number of rotatable bonds is 4. The molecule has 1 N–H and O–H groups in total. The van der Waals surface area contributed by atoms with Crippen LogP contribution in [0.4, 0.5) is 0 Å². The summed E-state index contributed by atoms with van der Waals surface area (Å²) in [4.78, 5) is 11.2. The number of carboxylic acids is 1. The Hall–Kier alpha value is -1.51. The minimum atomic E-state index is -0.761. The van der Waals surface area contributed by atoms with Crippen LogP contribution in [0.25, 0.3) is 0 Å². The Bertz CT molecular complexity index is 503. The molecule has 3 heteroatoms. The first kappa shape index (κ1) is 14.9. The van der Waals surface area contributed by atoms with Gasteiger partial charge in [-0.3, -0.25) is 4.79 Å². The number of carbonyl (C=O) groups is 1. The second-order valence-corrected chi connectivity index (χ2v) is 6.30. The molecule has 3 nitrogen and oxygen atoms in total. The van der Waals surface area contributed by atoms with Gasteiger partial charge in [-0.1, -0.05) is 26.3 Å². The molecule has 1 aromatic carbocycles. The Morgan fingerprint density at radius 1 is 1.25 bits per heavy atom. The van der Waals surface area contributed by atoms with E-state index in [1.54, 1.807) is 7.11 Å². The predicted octanol–water partition coefficient (Wildman–Crippen LogP) is 3.72. The van der Waals surface area contributed by atoms with Crippen molar-refractivity contribution in [1.82, 2.24) is 0 Å². The van der Waals surface area contributed by atoms with Gasteiger partial charge >= 0.3 is 5.97 Å². The van der Waals surface area contributed by atoms with Crippen LogP contribution in [0.5, 0.6) is 5.75 Å². The predicted molar refractivity (Wildman–Crippen MR) is 79.5 cm³/mol. The lowest BCUT2D eigenvalue weighted by atomic mass is 9.76. The summed E-state index contributed by atoms with van der Waals surface area (Å²) in [5.74, 6) is 0.0696. The number of aryl methyl sites for hydroxylation is 1. The molecule has 0 bridgehead atoms. The van der Waals surface area contributed by atoms with E-state index < -0.39 is 11.4 Å².